The molecule has 1 aromatic carbocycles. The van der Waals surface area contributed by atoms with Crippen LogP contribution >= 0.6 is 27.7 Å². The minimum Gasteiger partial charge on any atom is -0.313 e. The molecule has 0 saturated heterocycles. The number of nitrogens with one attached hydrogen (secondary N) is 1. The van der Waals surface area contributed by atoms with Crippen molar-refractivity contribution in [2.24, 2.45) is 0 Å². The van der Waals surface area contributed by atoms with E-state index in [0.29, 0.717) is 6.04 Å². The molecular formula is C16H22BrNS. The fourth-order valence-electron chi connectivity index (χ4n) is 1.77. The van der Waals surface area contributed by atoms with Crippen LogP contribution in [0, 0.1) is 12.3 Å². The molecule has 1 rings (SSSR count). The predicted molar refractivity (Wildman–Crippen MR) is 89.6 cm³/mol. The molecule has 0 spiro atoms. The highest BCUT2D eigenvalue weighted by Crippen LogP contribution is 2.22. The first-order chi connectivity index (χ1) is 9.26. The van der Waals surface area contributed by atoms with Gasteiger partial charge in [0.05, 0.1) is 0 Å². The Bertz CT molecular complexity index is 383. The van der Waals surface area contributed by atoms with E-state index in [-0.39, 0.29) is 0 Å². The van der Waals surface area contributed by atoms with Gasteiger partial charge in [0.1, 0.15) is 0 Å². The second-order valence-corrected chi connectivity index (χ2v) is 6.52. The lowest BCUT2D eigenvalue weighted by Crippen LogP contribution is -2.31. The van der Waals surface area contributed by atoms with E-state index >= 15 is 0 Å². The number of thioether (sulfide) groups is 1. The van der Waals surface area contributed by atoms with Crippen LogP contribution in [0.2, 0.25) is 0 Å². The Morgan fingerprint density at radius 3 is 2.74 bits per heavy atom. The highest BCUT2D eigenvalue weighted by atomic mass is 79.9. The third kappa shape index (κ3) is 7.67. The fraction of sp³-hybridized carbons (Fsp3) is 0.500. The zero-order valence-electron chi connectivity index (χ0n) is 11.5. The standard InChI is InChI=1S/C16H22BrNS/c1-3-5-6-7-15(18-12-4-2)13-19-16-10-8-14(17)9-11-16/h1,8-11,15,18H,4-7,12-13H2,2H3. The molecule has 3 heteroatoms. The van der Waals surface area contributed by atoms with Crippen LogP contribution in [0.25, 0.3) is 0 Å². The van der Waals surface area contributed by atoms with Crippen molar-refractivity contribution in [2.75, 3.05) is 12.3 Å². The zero-order chi connectivity index (χ0) is 13.9. The van der Waals surface area contributed by atoms with Gasteiger partial charge in [0.2, 0.25) is 0 Å². The minimum atomic E-state index is 0.557. The molecule has 0 heterocycles. The van der Waals surface area contributed by atoms with Crippen molar-refractivity contribution in [3.05, 3.63) is 28.7 Å². The first-order valence-electron chi connectivity index (χ1n) is 6.81. The average molecular weight is 340 g/mol. The Morgan fingerprint density at radius 2 is 2.11 bits per heavy atom. The molecular weight excluding hydrogens is 318 g/mol. The lowest BCUT2D eigenvalue weighted by Gasteiger charge is -2.17. The summed E-state index contributed by atoms with van der Waals surface area (Å²) >= 11 is 5.37. The van der Waals surface area contributed by atoms with Crippen LogP contribution in [0.4, 0.5) is 0 Å². The van der Waals surface area contributed by atoms with Gasteiger partial charge in [-0.1, -0.05) is 22.9 Å². The number of halogens is 1. The van der Waals surface area contributed by atoms with Gasteiger partial charge in [-0.05, 0) is 50.1 Å². The van der Waals surface area contributed by atoms with Crippen molar-refractivity contribution in [3.63, 3.8) is 0 Å². The van der Waals surface area contributed by atoms with E-state index in [2.05, 4.69) is 58.4 Å². The normalized spacial score (nSPS) is 12.1. The van der Waals surface area contributed by atoms with Crippen molar-refractivity contribution in [1.82, 2.24) is 5.32 Å². The molecule has 1 nitrogen and oxygen atoms in total. The summed E-state index contributed by atoms with van der Waals surface area (Å²) in [6.07, 6.45) is 9.64. The second-order valence-electron chi connectivity index (χ2n) is 4.51. The molecule has 0 aliphatic rings. The van der Waals surface area contributed by atoms with E-state index in [9.17, 15) is 0 Å². The summed E-state index contributed by atoms with van der Waals surface area (Å²) in [5, 5.41) is 3.61. The van der Waals surface area contributed by atoms with E-state index in [4.69, 9.17) is 6.42 Å². The topological polar surface area (TPSA) is 12.0 Å². The van der Waals surface area contributed by atoms with E-state index < -0.39 is 0 Å². The smallest absolute Gasteiger partial charge is 0.0176 e. The summed E-state index contributed by atoms with van der Waals surface area (Å²) in [5.74, 6) is 3.82. The van der Waals surface area contributed by atoms with Crippen molar-refractivity contribution < 1.29 is 0 Å². The van der Waals surface area contributed by atoms with Gasteiger partial charge in [-0.15, -0.1) is 24.1 Å². The Kier molecular flexibility index (Phi) is 9.07. The van der Waals surface area contributed by atoms with E-state index in [0.717, 1.165) is 36.0 Å². The SMILES string of the molecule is C#CCCCC(CSc1ccc(Br)cc1)NCCC. The highest BCUT2D eigenvalue weighted by Gasteiger charge is 2.08. The molecule has 0 saturated carbocycles. The lowest BCUT2D eigenvalue weighted by atomic mass is 10.1. The largest absolute Gasteiger partial charge is 0.313 e. The number of terminal acetylenes is 1. The molecule has 0 aromatic heterocycles. The van der Waals surface area contributed by atoms with Gasteiger partial charge in [-0.3, -0.25) is 0 Å². The van der Waals surface area contributed by atoms with Gasteiger partial charge in [-0.25, -0.2) is 0 Å². The summed E-state index contributed by atoms with van der Waals surface area (Å²) in [5.41, 5.74) is 0. The van der Waals surface area contributed by atoms with Gasteiger partial charge in [-0.2, -0.15) is 0 Å². The van der Waals surface area contributed by atoms with Gasteiger partial charge < -0.3 is 5.32 Å². The highest BCUT2D eigenvalue weighted by molar-refractivity contribution is 9.10. The number of benzene rings is 1. The van der Waals surface area contributed by atoms with Crippen LogP contribution in [0.15, 0.2) is 33.6 Å². The van der Waals surface area contributed by atoms with Gasteiger partial charge in [0.25, 0.3) is 0 Å². The molecule has 1 atom stereocenters. The van der Waals surface area contributed by atoms with Gasteiger partial charge in [0, 0.05) is 27.6 Å². The van der Waals surface area contributed by atoms with Gasteiger partial charge >= 0.3 is 0 Å². The van der Waals surface area contributed by atoms with Gasteiger partial charge in [0.15, 0.2) is 0 Å². The summed E-state index contributed by atoms with van der Waals surface area (Å²) in [7, 11) is 0. The molecule has 0 radical (unpaired) electrons. The molecule has 104 valence electrons. The molecule has 0 aliphatic heterocycles. The Hall–Kier alpha value is -0.430. The molecule has 1 N–H and O–H groups in total. The number of hydrogen-bond acceptors (Lipinski definition) is 2. The number of rotatable bonds is 9. The van der Waals surface area contributed by atoms with Crippen LogP contribution in [-0.4, -0.2) is 18.3 Å². The quantitative estimate of drug-likeness (QED) is 0.397. The predicted octanol–water partition coefficient (Wildman–Crippen LogP) is 4.71. The number of unbranched alkanes of at least 4 members (excludes halogenated alkanes) is 1. The average Bonchev–Trinajstić information content (AvgIpc) is 2.43. The molecule has 0 fully saturated rings. The molecule has 19 heavy (non-hydrogen) atoms. The van der Waals surface area contributed by atoms with Crippen LogP contribution in [-0.2, 0) is 0 Å². The molecule has 1 aromatic rings. The van der Waals surface area contributed by atoms with Crippen LogP contribution in [0.5, 0.6) is 0 Å². The van der Waals surface area contributed by atoms with Crippen LogP contribution < -0.4 is 5.32 Å². The van der Waals surface area contributed by atoms with Crippen molar-refractivity contribution in [2.45, 2.75) is 43.5 Å². The second kappa shape index (κ2) is 10.4. The third-order valence-corrected chi connectivity index (χ3v) is 4.52. The van der Waals surface area contributed by atoms with Crippen molar-refractivity contribution in [1.29, 1.82) is 0 Å². The van der Waals surface area contributed by atoms with E-state index in [1.807, 2.05) is 11.8 Å². The fourth-order valence-corrected chi connectivity index (χ4v) is 3.04. The van der Waals surface area contributed by atoms with Crippen LogP contribution in [0.1, 0.15) is 32.6 Å². The summed E-state index contributed by atoms with van der Waals surface area (Å²) in [6, 6.07) is 9.06. The van der Waals surface area contributed by atoms with E-state index in [1.54, 1.807) is 0 Å². The monoisotopic (exact) mass is 339 g/mol. The first kappa shape index (κ1) is 16.6. The van der Waals surface area contributed by atoms with Crippen molar-refractivity contribution in [3.8, 4) is 12.3 Å². The summed E-state index contributed by atoms with van der Waals surface area (Å²) in [6.45, 7) is 3.29. The molecule has 0 aliphatic carbocycles. The first-order valence-corrected chi connectivity index (χ1v) is 8.59. The van der Waals surface area contributed by atoms with Crippen LogP contribution in [0.3, 0.4) is 0 Å². The Labute approximate surface area is 130 Å². The Balaban J connectivity index is 2.38. The third-order valence-electron chi connectivity index (χ3n) is 2.82. The molecule has 1 unspecified atom stereocenters. The molecule has 0 bridgehead atoms. The van der Waals surface area contributed by atoms with E-state index in [1.165, 1.54) is 11.3 Å². The maximum Gasteiger partial charge on any atom is 0.0176 e. The zero-order valence-corrected chi connectivity index (χ0v) is 13.9. The summed E-state index contributed by atoms with van der Waals surface area (Å²) < 4.78 is 1.13. The van der Waals surface area contributed by atoms with Crippen molar-refractivity contribution >= 4 is 27.7 Å². The lowest BCUT2D eigenvalue weighted by molar-refractivity contribution is 0.508. The Morgan fingerprint density at radius 1 is 1.37 bits per heavy atom. The number of hydrogen-bond donors (Lipinski definition) is 1. The maximum absolute atomic E-state index is 5.31. The maximum atomic E-state index is 5.31. The minimum absolute atomic E-state index is 0.557. The summed E-state index contributed by atoms with van der Waals surface area (Å²) in [4.78, 5) is 1.32. The molecule has 0 amide bonds.